The third-order valence-corrected chi connectivity index (χ3v) is 9.36. The highest BCUT2D eigenvalue weighted by atomic mass is 31.2. The lowest BCUT2D eigenvalue weighted by molar-refractivity contribution is -0.870. The number of nitrogens with zero attached hydrogens (tertiary/aromatic N) is 1. The molecular weight excluding hydrogens is 683 g/mol. The van der Waals surface area contributed by atoms with Crippen molar-refractivity contribution in [3.63, 3.8) is 0 Å². The fourth-order valence-electron chi connectivity index (χ4n) is 5.14. The van der Waals surface area contributed by atoms with Crippen molar-refractivity contribution in [2.75, 3.05) is 40.9 Å². The molecule has 3 atom stereocenters. The molecule has 0 aromatic rings. The lowest BCUT2D eigenvalue weighted by atomic mass is 10.0. The number of carbonyl (C=O) groups is 1. The van der Waals surface area contributed by atoms with Crippen LogP contribution in [0.1, 0.15) is 136 Å². The molecule has 0 radical (unpaired) electrons. The predicted molar refractivity (Wildman–Crippen MR) is 223 cm³/mol. The van der Waals surface area contributed by atoms with Crippen LogP contribution in [0, 0.1) is 0 Å². The maximum Gasteiger partial charge on any atom is 0.268 e. The number of allylic oxidation sites excluding steroid dienone is 14. The lowest BCUT2D eigenvalue weighted by Gasteiger charge is -2.30. The maximum absolute atomic E-state index is 12.8. The van der Waals surface area contributed by atoms with Gasteiger partial charge in [-0.25, -0.2) is 0 Å². The summed E-state index contributed by atoms with van der Waals surface area (Å²) in [6, 6.07) is -0.833. The molecule has 0 heterocycles. The molecule has 2 N–H and O–H groups in total. The van der Waals surface area contributed by atoms with Crippen LogP contribution in [0.4, 0.5) is 0 Å². The van der Waals surface area contributed by atoms with Crippen LogP contribution >= 0.6 is 7.82 Å². The number of aliphatic hydroxyl groups is 1. The average Bonchev–Trinajstić information content (AvgIpc) is 3.10. The van der Waals surface area contributed by atoms with Gasteiger partial charge in [0.15, 0.2) is 0 Å². The first-order chi connectivity index (χ1) is 25.5. The largest absolute Gasteiger partial charge is 0.756 e. The van der Waals surface area contributed by atoms with Crippen LogP contribution < -0.4 is 10.2 Å². The molecule has 8 nitrogen and oxygen atoms in total. The predicted octanol–water partition coefficient (Wildman–Crippen LogP) is 10.4. The first kappa shape index (κ1) is 50.7. The van der Waals surface area contributed by atoms with Gasteiger partial charge in [-0.2, -0.15) is 0 Å². The number of aliphatic hydroxyl groups excluding tert-OH is 1. The van der Waals surface area contributed by atoms with E-state index >= 15 is 0 Å². The number of unbranched alkanes of at least 4 members (excludes halogenated alkanes) is 8. The summed E-state index contributed by atoms with van der Waals surface area (Å²) in [4.78, 5) is 25.2. The second kappa shape index (κ2) is 35.4. The molecule has 9 heteroatoms. The Kier molecular flexibility index (Phi) is 33.8. The van der Waals surface area contributed by atoms with E-state index in [1.165, 1.54) is 32.1 Å². The molecule has 0 aliphatic heterocycles. The van der Waals surface area contributed by atoms with Gasteiger partial charge < -0.3 is 28.8 Å². The number of rotatable bonds is 35. The van der Waals surface area contributed by atoms with Crippen molar-refractivity contribution in [2.24, 2.45) is 0 Å². The summed E-state index contributed by atoms with van der Waals surface area (Å²) in [5.74, 6) is -0.231. The topological polar surface area (TPSA) is 108 Å². The molecule has 0 rings (SSSR count). The molecule has 0 saturated heterocycles. The number of phosphoric acid groups is 1. The van der Waals surface area contributed by atoms with Crippen LogP contribution in [0.15, 0.2) is 85.1 Å². The number of amides is 1. The van der Waals surface area contributed by atoms with Gasteiger partial charge in [-0.05, 0) is 64.2 Å². The fourth-order valence-corrected chi connectivity index (χ4v) is 5.87. The van der Waals surface area contributed by atoms with Crippen molar-refractivity contribution in [3.05, 3.63) is 85.1 Å². The number of hydrogen-bond donors (Lipinski definition) is 2. The van der Waals surface area contributed by atoms with E-state index in [-0.39, 0.29) is 25.5 Å². The zero-order valence-corrected chi connectivity index (χ0v) is 35.1. The van der Waals surface area contributed by atoms with Gasteiger partial charge in [0.2, 0.25) is 5.91 Å². The van der Waals surface area contributed by atoms with Crippen molar-refractivity contribution in [2.45, 2.75) is 148 Å². The van der Waals surface area contributed by atoms with Crippen LogP contribution in [-0.4, -0.2) is 68.5 Å². The highest BCUT2D eigenvalue weighted by Gasteiger charge is 2.24. The Labute approximate surface area is 325 Å². The number of phosphoric ester groups is 1. The van der Waals surface area contributed by atoms with Gasteiger partial charge in [-0.15, -0.1) is 0 Å². The van der Waals surface area contributed by atoms with E-state index in [1.54, 1.807) is 0 Å². The van der Waals surface area contributed by atoms with E-state index in [0.29, 0.717) is 23.9 Å². The Hall–Kier alpha value is -2.32. The minimum Gasteiger partial charge on any atom is -0.756 e. The van der Waals surface area contributed by atoms with E-state index in [2.05, 4.69) is 104 Å². The SMILES string of the molecule is CC/C=C\C/C=C\C/C=C\C/C=C\C/C=C\C/C=C\C/C=C\CCCC(=O)NC(COP(=O)([O-])OCC[N+](C)(C)C)C(O)CCCCCCCCCC. The second-order valence-electron chi connectivity index (χ2n) is 14.6. The van der Waals surface area contributed by atoms with Gasteiger partial charge >= 0.3 is 0 Å². The zero-order chi connectivity index (χ0) is 39.3. The smallest absolute Gasteiger partial charge is 0.268 e. The first-order valence-corrected chi connectivity index (χ1v) is 21.9. The van der Waals surface area contributed by atoms with Crippen LogP contribution in [-0.2, 0) is 18.4 Å². The molecule has 3 unspecified atom stereocenters. The van der Waals surface area contributed by atoms with Crippen molar-refractivity contribution in [1.29, 1.82) is 0 Å². The van der Waals surface area contributed by atoms with E-state index in [4.69, 9.17) is 9.05 Å². The fraction of sp³-hybridized carbons (Fsp3) is 0.659. The summed E-state index contributed by atoms with van der Waals surface area (Å²) in [6.45, 7) is 4.48. The molecule has 0 bridgehead atoms. The summed E-state index contributed by atoms with van der Waals surface area (Å²) in [7, 11) is 1.25. The standard InChI is InChI=1S/C44H77N2O6P/c1-6-8-10-12-14-16-17-18-19-20-21-22-23-24-25-26-27-28-29-30-32-34-36-38-44(48)45-42(41-52-53(49,50)51-40-39-46(3,4)5)43(47)37-35-33-31-15-13-11-9-7-2/h8,10,14,16,18-19,21-22,24-25,27-28,30,32,42-43,47H,6-7,9,11-13,15,17,20,23,26,29,31,33-41H2,1-5H3,(H-,45,48,49,50)/b10-8-,16-14-,19-18-,22-21-,25-24-,28-27-,32-30-. The number of nitrogens with one attached hydrogen (secondary N) is 1. The molecule has 0 spiro atoms. The molecule has 0 aliphatic rings. The van der Waals surface area contributed by atoms with Crippen molar-refractivity contribution in [3.8, 4) is 0 Å². The van der Waals surface area contributed by atoms with Gasteiger partial charge in [0, 0.05) is 6.42 Å². The Balaban J connectivity index is 4.44. The third-order valence-electron chi connectivity index (χ3n) is 8.40. The quantitative estimate of drug-likeness (QED) is 0.0288. The molecular formula is C44H77N2O6P. The van der Waals surface area contributed by atoms with Crippen molar-refractivity contribution >= 4 is 13.7 Å². The molecule has 53 heavy (non-hydrogen) atoms. The number of carbonyl (C=O) groups excluding carboxylic acids is 1. The lowest BCUT2D eigenvalue weighted by Crippen LogP contribution is -2.46. The summed E-state index contributed by atoms with van der Waals surface area (Å²) in [5, 5.41) is 13.7. The zero-order valence-electron chi connectivity index (χ0n) is 34.2. The highest BCUT2D eigenvalue weighted by molar-refractivity contribution is 7.45. The number of hydrogen-bond acceptors (Lipinski definition) is 6. The van der Waals surface area contributed by atoms with Crippen LogP contribution in [0.5, 0.6) is 0 Å². The average molecular weight is 761 g/mol. The first-order valence-electron chi connectivity index (χ1n) is 20.4. The van der Waals surface area contributed by atoms with Crippen molar-refractivity contribution in [1.82, 2.24) is 5.32 Å². The Morgan fingerprint density at radius 3 is 1.60 bits per heavy atom. The Bertz CT molecular complexity index is 1140. The molecule has 0 saturated carbocycles. The monoisotopic (exact) mass is 761 g/mol. The summed E-state index contributed by atoms with van der Waals surface area (Å²) in [5.41, 5.74) is 0. The molecule has 1 amide bonds. The maximum atomic E-state index is 12.8. The summed E-state index contributed by atoms with van der Waals surface area (Å²) < 4.78 is 23.1. The van der Waals surface area contributed by atoms with Crippen LogP contribution in [0.3, 0.4) is 0 Å². The molecule has 304 valence electrons. The minimum absolute atomic E-state index is 0.00424. The normalized spacial score (nSPS) is 15.4. The second-order valence-corrected chi connectivity index (χ2v) is 16.0. The molecule has 0 aromatic heterocycles. The molecule has 0 aromatic carbocycles. The molecule has 0 fully saturated rings. The van der Waals surface area contributed by atoms with E-state index < -0.39 is 20.0 Å². The van der Waals surface area contributed by atoms with Gasteiger partial charge in [0.1, 0.15) is 13.2 Å². The van der Waals surface area contributed by atoms with E-state index in [0.717, 1.165) is 70.6 Å². The van der Waals surface area contributed by atoms with Crippen LogP contribution in [0.25, 0.3) is 0 Å². The highest BCUT2D eigenvalue weighted by Crippen LogP contribution is 2.38. The summed E-state index contributed by atoms with van der Waals surface area (Å²) >= 11 is 0. The Morgan fingerprint density at radius 2 is 1.13 bits per heavy atom. The van der Waals surface area contributed by atoms with Gasteiger partial charge in [-0.3, -0.25) is 9.36 Å². The number of quaternary nitrogens is 1. The number of likely N-dealkylation sites (N-methyl/N-ethyl adjacent to an activating group) is 1. The van der Waals surface area contributed by atoms with Crippen LogP contribution in [0.2, 0.25) is 0 Å². The molecule has 0 aliphatic carbocycles. The van der Waals surface area contributed by atoms with Gasteiger partial charge in [-0.1, -0.05) is 150 Å². The Morgan fingerprint density at radius 1 is 0.679 bits per heavy atom. The van der Waals surface area contributed by atoms with Gasteiger partial charge in [0.25, 0.3) is 7.82 Å². The van der Waals surface area contributed by atoms with Gasteiger partial charge in [0.05, 0.1) is 39.9 Å². The van der Waals surface area contributed by atoms with E-state index in [9.17, 15) is 19.4 Å². The van der Waals surface area contributed by atoms with E-state index in [1.807, 2.05) is 21.1 Å². The third kappa shape index (κ3) is 37.8. The minimum atomic E-state index is -4.57. The van der Waals surface area contributed by atoms with Crippen molar-refractivity contribution < 1.29 is 32.9 Å². The summed E-state index contributed by atoms with van der Waals surface area (Å²) in [6.07, 6.45) is 47.5.